The molecule has 1 N–H and O–H groups in total. The summed E-state index contributed by atoms with van der Waals surface area (Å²) in [6.45, 7) is 9.65. The van der Waals surface area contributed by atoms with Gasteiger partial charge in [-0.25, -0.2) is 0 Å². The number of anilines is 1. The zero-order chi connectivity index (χ0) is 14.0. The van der Waals surface area contributed by atoms with Gasteiger partial charge in [0.2, 0.25) is 0 Å². The van der Waals surface area contributed by atoms with E-state index in [4.69, 9.17) is 4.98 Å². The minimum atomic E-state index is 0.430. The number of aryl methyl sites for hydroxylation is 1. The second-order valence-corrected chi connectivity index (χ2v) is 6.17. The van der Waals surface area contributed by atoms with E-state index in [-0.39, 0.29) is 0 Å². The zero-order valence-corrected chi connectivity index (χ0v) is 13.6. The van der Waals surface area contributed by atoms with E-state index in [0.717, 1.165) is 28.6 Å². The Morgan fingerprint density at radius 1 is 1.26 bits per heavy atom. The highest BCUT2D eigenvalue weighted by Crippen LogP contribution is 2.32. The second-order valence-electron chi connectivity index (χ2n) is 5.32. The van der Waals surface area contributed by atoms with Crippen LogP contribution in [0.2, 0.25) is 0 Å². The fraction of sp³-hybridized carbons (Fsp3) is 0.438. The smallest absolute Gasteiger partial charge is 0.0868 e. The molecule has 0 aliphatic carbocycles. The minimum Gasteiger partial charge on any atom is -0.384 e. The Labute approximate surface area is 123 Å². The van der Waals surface area contributed by atoms with Crippen LogP contribution >= 0.6 is 15.9 Å². The van der Waals surface area contributed by atoms with E-state index in [1.165, 1.54) is 16.6 Å². The average molecular weight is 321 g/mol. The molecule has 0 radical (unpaired) electrons. The van der Waals surface area contributed by atoms with Crippen molar-refractivity contribution in [3.8, 4) is 0 Å². The number of benzene rings is 1. The molecule has 102 valence electrons. The first kappa shape index (κ1) is 14.3. The van der Waals surface area contributed by atoms with Gasteiger partial charge in [0.05, 0.1) is 5.52 Å². The molecule has 0 bridgehead atoms. The molecule has 2 nitrogen and oxygen atoms in total. The minimum absolute atomic E-state index is 0.430. The molecule has 19 heavy (non-hydrogen) atoms. The van der Waals surface area contributed by atoms with Gasteiger partial charge < -0.3 is 5.32 Å². The number of nitrogens with one attached hydrogen (secondary N) is 1. The lowest BCUT2D eigenvalue weighted by molar-refractivity contribution is 0.829. The van der Waals surface area contributed by atoms with Crippen molar-refractivity contribution >= 4 is 32.5 Å². The van der Waals surface area contributed by atoms with Gasteiger partial charge in [-0.15, -0.1) is 0 Å². The van der Waals surface area contributed by atoms with Crippen LogP contribution in [0, 0.1) is 6.92 Å². The SMILES string of the molecule is CCCNc1cc(C(C)C)nc2c(Br)cc(C)cc12. The van der Waals surface area contributed by atoms with Gasteiger partial charge in [-0.05, 0) is 59.0 Å². The summed E-state index contributed by atoms with van der Waals surface area (Å²) < 4.78 is 1.07. The van der Waals surface area contributed by atoms with Crippen molar-refractivity contribution in [1.29, 1.82) is 0 Å². The predicted molar refractivity (Wildman–Crippen MR) is 87.0 cm³/mol. The summed E-state index contributed by atoms with van der Waals surface area (Å²) in [4.78, 5) is 4.80. The zero-order valence-electron chi connectivity index (χ0n) is 12.0. The number of nitrogens with zero attached hydrogens (tertiary/aromatic N) is 1. The quantitative estimate of drug-likeness (QED) is 0.832. The standard InChI is InChI=1S/C16H21BrN2/c1-5-6-18-15-9-14(10(2)3)19-16-12(15)7-11(4)8-13(16)17/h7-10H,5-6H2,1-4H3,(H,18,19). The van der Waals surface area contributed by atoms with Crippen LogP contribution in [0.1, 0.15) is 44.4 Å². The first-order valence-corrected chi connectivity index (χ1v) is 7.67. The summed E-state index contributed by atoms with van der Waals surface area (Å²) in [6.07, 6.45) is 1.12. The number of fused-ring (bicyclic) bond motifs is 1. The maximum atomic E-state index is 4.80. The first-order valence-electron chi connectivity index (χ1n) is 6.87. The third kappa shape index (κ3) is 3.08. The summed E-state index contributed by atoms with van der Waals surface area (Å²) in [5, 5.41) is 4.73. The van der Waals surface area contributed by atoms with E-state index >= 15 is 0 Å². The summed E-state index contributed by atoms with van der Waals surface area (Å²) in [7, 11) is 0. The van der Waals surface area contributed by atoms with Crippen LogP contribution in [0.3, 0.4) is 0 Å². The van der Waals surface area contributed by atoms with E-state index in [2.05, 4.69) is 67.1 Å². The molecule has 2 aromatic rings. The van der Waals surface area contributed by atoms with Crippen molar-refractivity contribution in [2.75, 3.05) is 11.9 Å². The van der Waals surface area contributed by atoms with Gasteiger partial charge in [0, 0.05) is 27.8 Å². The van der Waals surface area contributed by atoms with Crippen molar-refractivity contribution in [1.82, 2.24) is 4.98 Å². The Kier molecular flexibility index (Phi) is 4.46. The maximum absolute atomic E-state index is 4.80. The Morgan fingerprint density at radius 2 is 2.00 bits per heavy atom. The lowest BCUT2D eigenvalue weighted by Crippen LogP contribution is -2.04. The van der Waals surface area contributed by atoms with Crippen LogP contribution in [-0.4, -0.2) is 11.5 Å². The molecule has 1 aromatic heterocycles. The molecule has 0 unspecified atom stereocenters. The van der Waals surface area contributed by atoms with Crippen LogP contribution in [0.25, 0.3) is 10.9 Å². The third-order valence-corrected chi connectivity index (χ3v) is 3.79. The molecule has 0 amide bonds. The first-order chi connectivity index (χ1) is 9.02. The summed E-state index contributed by atoms with van der Waals surface area (Å²) in [5.74, 6) is 0.430. The summed E-state index contributed by atoms with van der Waals surface area (Å²) in [6, 6.07) is 6.52. The third-order valence-electron chi connectivity index (χ3n) is 3.19. The number of halogens is 1. The van der Waals surface area contributed by atoms with Gasteiger partial charge in [0.25, 0.3) is 0 Å². The van der Waals surface area contributed by atoms with Crippen molar-refractivity contribution in [3.63, 3.8) is 0 Å². The highest BCUT2D eigenvalue weighted by molar-refractivity contribution is 9.10. The van der Waals surface area contributed by atoms with Crippen molar-refractivity contribution in [2.24, 2.45) is 0 Å². The lowest BCUT2D eigenvalue weighted by Gasteiger charge is -2.14. The van der Waals surface area contributed by atoms with Crippen LogP contribution < -0.4 is 5.32 Å². The van der Waals surface area contributed by atoms with Crippen molar-refractivity contribution < 1.29 is 0 Å². The Hall–Kier alpha value is -1.09. The number of aromatic nitrogens is 1. The largest absolute Gasteiger partial charge is 0.384 e. The molecule has 3 heteroatoms. The molecule has 0 aliphatic heterocycles. The summed E-state index contributed by atoms with van der Waals surface area (Å²) >= 11 is 3.64. The second kappa shape index (κ2) is 5.91. The fourth-order valence-corrected chi connectivity index (χ4v) is 2.81. The van der Waals surface area contributed by atoms with Crippen LogP contribution in [0.5, 0.6) is 0 Å². The predicted octanol–water partition coefficient (Wildman–Crippen LogP) is 5.25. The van der Waals surface area contributed by atoms with Gasteiger partial charge in [0.15, 0.2) is 0 Å². The van der Waals surface area contributed by atoms with Crippen molar-refractivity contribution in [3.05, 3.63) is 33.9 Å². The lowest BCUT2D eigenvalue weighted by atomic mass is 10.0. The van der Waals surface area contributed by atoms with E-state index in [1.807, 2.05) is 0 Å². The van der Waals surface area contributed by atoms with E-state index < -0.39 is 0 Å². The Morgan fingerprint density at radius 3 is 2.63 bits per heavy atom. The van der Waals surface area contributed by atoms with E-state index in [0.29, 0.717) is 5.92 Å². The molecule has 0 saturated heterocycles. The van der Waals surface area contributed by atoms with Gasteiger partial charge in [-0.2, -0.15) is 0 Å². The highest BCUT2D eigenvalue weighted by atomic mass is 79.9. The van der Waals surface area contributed by atoms with Crippen LogP contribution in [-0.2, 0) is 0 Å². The molecular formula is C16H21BrN2. The Balaban J connectivity index is 2.67. The van der Waals surface area contributed by atoms with E-state index in [1.54, 1.807) is 0 Å². The van der Waals surface area contributed by atoms with E-state index in [9.17, 15) is 0 Å². The maximum Gasteiger partial charge on any atom is 0.0868 e. The van der Waals surface area contributed by atoms with Gasteiger partial charge >= 0.3 is 0 Å². The van der Waals surface area contributed by atoms with Crippen LogP contribution in [0.15, 0.2) is 22.7 Å². The molecule has 1 heterocycles. The molecule has 0 spiro atoms. The van der Waals surface area contributed by atoms with Gasteiger partial charge in [0.1, 0.15) is 0 Å². The molecule has 0 saturated carbocycles. The molecule has 0 fully saturated rings. The number of hydrogen-bond donors (Lipinski definition) is 1. The topological polar surface area (TPSA) is 24.9 Å². The monoisotopic (exact) mass is 320 g/mol. The summed E-state index contributed by atoms with van der Waals surface area (Å²) in [5.41, 5.74) is 4.63. The number of rotatable bonds is 4. The molecule has 2 rings (SSSR count). The highest BCUT2D eigenvalue weighted by Gasteiger charge is 2.11. The Bertz CT molecular complexity index is 591. The molecule has 1 aromatic carbocycles. The van der Waals surface area contributed by atoms with Gasteiger partial charge in [-0.1, -0.05) is 20.8 Å². The number of pyridine rings is 1. The molecular weight excluding hydrogens is 300 g/mol. The van der Waals surface area contributed by atoms with Crippen molar-refractivity contribution in [2.45, 2.75) is 40.0 Å². The fourth-order valence-electron chi connectivity index (χ4n) is 2.14. The normalized spacial score (nSPS) is 11.3. The average Bonchev–Trinajstić information content (AvgIpc) is 2.35. The molecule has 0 atom stereocenters. The number of hydrogen-bond acceptors (Lipinski definition) is 2. The molecule has 0 aliphatic rings. The van der Waals surface area contributed by atoms with Crippen LogP contribution in [0.4, 0.5) is 5.69 Å². The van der Waals surface area contributed by atoms with Gasteiger partial charge in [-0.3, -0.25) is 4.98 Å².